The lowest BCUT2D eigenvalue weighted by molar-refractivity contribution is -0.202. The van der Waals surface area contributed by atoms with Gasteiger partial charge in [0.25, 0.3) is 0 Å². The van der Waals surface area contributed by atoms with Crippen molar-refractivity contribution in [2.45, 2.75) is 120 Å². The Kier molecular flexibility index (Phi) is 5.95. The largest absolute Gasteiger partial charge is 0.459 e. The molecule has 0 amide bonds. The highest BCUT2D eigenvalue weighted by Crippen LogP contribution is 2.58. The van der Waals surface area contributed by atoms with Gasteiger partial charge in [-0.2, -0.15) is 0 Å². The molecule has 0 aromatic heterocycles. The number of carbonyl (C=O) groups is 1. The molecule has 2 heteroatoms. The second kappa shape index (κ2) is 7.06. The van der Waals surface area contributed by atoms with Crippen LogP contribution in [0, 0.1) is 33.5 Å². The van der Waals surface area contributed by atoms with Crippen LogP contribution in [0.5, 0.6) is 0 Å². The summed E-state index contributed by atoms with van der Waals surface area (Å²) in [5.74, 6) is 1.57. The minimum absolute atomic E-state index is 0.00431. The van der Waals surface area contributed by atoms with Gasteiger partial charge in [-0.3, -0.25) is 4.79 Å². The molecule has 2 aliphatic rings. The zero-order valence-corrected chi connectivity index (χ0v) is 19.9. The average molecular weight is 379 g/mol. The fourth-order valence-corrected chi connectivity index (χ4v) is 6.14. The molecule has 0 aromatic rings. The molecule has 27 heavy (non-hydrogen) atoms. The van der Waals surface area contributed by atoms with Gasteiger partial charge in [0.15, 0.2) is 0 Å². The summed E-state index contributed by atoms with van der Waals surface area (Å²) >= 11 is 0. The van der Waals surface area contributed by atoms with Crippen LogP contribution in [0.25, 0.3) is 0 Å². The minimum Gasteiger partial charge on any atom is -0.459 e. The third-order valence-electron chi connectivity index (χ3n) is 8.04. The number of fused-ring (bicyclic) bond motifs is 2. The van der Waals surface area contributed by atoms with Crippen LogP contribution in [0.2, 0.25) is 0 Å². The minimum atomic E-state index is -0.493. The van der Waals surface area contributed by atoms with Crippen LogP contribution >= 0.6 is 0 Å². The fraction of sp³-hybridized carbons (Fsp3) is 0.960. The molecule has 2 rings (SSSR count). The predicted octanol–water partition coefficient (Wildman–Crippen LogP) is 7.40. The molecule has 0 heterocycles. The van der Waals surface area contributed by atoms with Gasteiger partial charge < -0.3 is 4.74 Å². The van der Waals surface area contributed by atoms with E-state index in [1.54, 1.807) is 0 Å². The molecule has 0 N–H and O–H groups in total. The van der Waals surface area contributed by atoms with E-state index in [1.165, 1.54) is 38.5 Å². The van der Waals surface area contributed by atoms with Crippen molar-refractivity contribution in [3.8, 4) is 0 Å². The van der Waals surface area contributed by atoms with Crippen LogP contribution in [-0.4, -0.2) is 11.6 Å². The predicted molar refractivity (Wildman–Crippen MR) is 115 cm³/mol. The number of ether oxygens (including phenoxy) is 1. The Labute approximate surface area is 169 Å². The van der Waals surface area contributed by atoms with Gasteiger partial charge in [0, 0.05) is 5.41 Å². The van der Waals surface area contributed by atoms with Crippen LogP contribution in [0.4, 0.5) is 0 Å². The first-order valence-corrected chi connectivity index (χ1v) is 11.2. The van der Waals surface area contributed by atoms with Crippen LogP contribution in [0.15, 0.2) is 0 Å². The van der Waals surface area contributed by atoms with E-state index in [0.717, 1.165) is 18.3 Å². The van der Waals surface area contributed by atoms with Crippen LogP contribution in [0.1, 0.15) is 114 Å². The molecule has 2 bridgehead atoms. The number of esters is 1. The van der Waals surface area contributed by atoms with E-state index < -0.39 is 11.0 Å². The first kappa shape index (κ1) is 22.8. The molecule has 0 aliphatic heterocycles. The normalized spacial score (nSPS) is 31.9. The Hall–Kier alpha value is -0.530. The summed E-state index contributed by atoms with van der Waals surface area (Å²) in [6.45, 7) is 22.1. The Morgan fingerprint density at radius 3 is 2.11 bits per heavy atom. The summed E-state index contributed by atoms with van der Waals surface area (Å²) in [7, 11) is 0. The quantitative estimate of drug-likeness (QED) is 0.476. The molecular formula is C25H46O2. The second-order valence-corrected chi connectivity index (χ2v) is 13.0. The molecule has 158 valence electrons. The highest BCUT2D eigenvalue weighted by Gasteiger charge is 2.56. The number of rotatable bonds is 4. The summed E-state index contributed by atoms with van der Waals surface area (Å²) in [6.07, 6.45) is 8.49. The third kappa shape index (κ3) is 4.56. The standard InChI is InChI=1S/C25H46O2/c1-18-14-19-12-11-13-25(15-18,16-19)23(8,9)27-20(26)24(10,22(5,6)7)17-21(2,3)4/h18-19H,11-17H2,1-10H3. The Morgan fingerprint density at radius 2 is 1.59 bits per heavy atom. The molecular weight excluding hydrogens is 332 g/mol. The van der Waals surface area contributed by atoms with Crippen LogP contribution in [-0.2, 0) is 9.53 Å². The van der Waals surface area contributed by atoms with Crippen LogP contribution < -0.4 is 0 Å². The van der Waals surface area contributed by atoms with Gasteiger partial charge in [-0.15, -0.1) is 0 Å². The van der Waals surface area contributed by atoms with Crippen molar-refractivity contribution in [2.75, 3.05) is 0 Å². The molecule has 0 saturated heterocycles. The SMILES string of the molecule is CC1CC2CCCC(C(C)(C)OC(=O)C(C)(CC(C)(C)C)C(C)(C)C)(C1)C2. The number of hydrogen-bond donors (Lipinski definition) is 0. The number of hydrogen-bond acceptors (Lipinski definition) is 2. The molecule has 2 fully saturated rings. The topological polar surface area (TPSA) is 26.3 Å². The molecule has 2 nitrogen and oxygen atoms in total. The third-order valence-corrected chi connectivity index (χ3v) is 8.04. The van der Waals surface area contributed by atoms with Gasteiger partial charge in [-0.05, 0) is 75.5 Å². The van der Waals surface area contributed by atoms with Gasteiger partial charge >= 0.3 is 5.97 Å². The molecule has 2 aliphatic carbocycles. The van der Waals surface area contributed by atoms with Crippen molar-refractivity contribution in [3.05, 3.63) is 0 Å². The maximum Gasteiger partial charge on any atom is 0.312 e. The molecule has 4 atom stereocenters. The van der Waals surface area contributed by atoms with E-state index in [9.17, 15) is 4.79 Å². The van der Waals surface area contributed by atoms with E-state index in [1.807, 2.05) is 0 Å². The molecule has 2 saturated carbocycles. The lowest BCUT2D eigenvalue weighted by Crippen LogP contribution is -2.55. The van der Waals surface area contributed by atoms with Gasteiger partial charge in [-0.1, -0.05) is 61.3 Å². The molecule has 0 radical (unpaired) electrons. The van der Waals surface area contributed by atoms with E-state index >= 15 is 0 Å². The highest BCUT2D eigenvalue weighted by atomic mass is 16.6. The fourth-order valence-electron chi connectivity index (χ4n) is 6.14. The summed E-state index contributed by atoms with van der Waals surface area (Å²) < 4.78 is 6.50. The van der Waals surface area contributed by atoms with E-state index in [-0.39, 0.29) is 22.2 Å². The lowest BCUT2D eigenvalue weighted by atomic mass is 9.53. The van der Waals surface area contributed by atoms with Crippen LogP contribution in [0.3, 0.4) is 0 Å². The monoisotopic (exact) mass is 378 g/mol. The van der Waals surface area contributed by atoms with E-state index in [0.29, 0.717) is 0 Å². The lowest BCUT2D eigenvalue weighted by Gasteiger charge is -2.56. The summed E-state index contributed by atoms with van der Waals surface area (Å²) in [6, 6.07) is 0. The summed E-state index contributed by atoms with van der Waals surface area (Å²) in [5.41, 5.74) is -0.794. The maximum atomic E-state index is 13.7. The smallest absolute Gasteiger partial charge is 0.312 e. The van der Waals surface area contributed by atoms with Gasteiger partial charge in [0.2, 0.25) is 0 Å². The molecule has 0 aromatic carbocycles. The summed E-state index contributed by atoms with van der Waals surface area (Å²) in [5, 5.41) is 0. The Bertz CT molecular complexity index is 544. The highest BCUT2D eigenvalue weighted by molar-refractivity contribution is 5.78. The second-order valence-electron chi connectivity index (χ2n) is 13.0. The van der Waals surface area contributed by atoms with Crippen molar-refractivity contribution in [1.29, 1.82) is 0 Å². The van der Waals surface area contributed by atoms with Crippen molar-refractivity contribution in [3.63, 3.8) is 0 Å². The van der Waals surface area contributed by atoms with E-state index in [4.69, 9.17) is 4.74 Å². The Balaban J connectivity index is 2.30. The molecule has 4 unspecified atom stereocenters. The zero-order chi connectivity index (χ0) is 20.9. The van der Waals surface area contributed by atoms with Gasteiger partial charge in [0.05, 0.1) is 5.41 Å². The van der Waals surface area contributed by atoms with Crippen molar-refractivity contribution >= 4 is 5.97 Å². The zero-order valence-electron chi connectivity index (χ0n) is 19.9. The van der Waals surface area contributed by atoms with Crippen molar-refractivity contribution in [1.82, 2.24) is 0 Å². The number of carbonyl (C=O) groups excluding carboxylic acids is 1. The van der Waals surface area contributed by atoms with Gasteiger partial charge in [0.1, 0.15) is 5.60 Å². The first-order chi connectivity index (χ1) is 12.0. The van der Waals surface area contributed by atoms with Gasteiger partial charge in [-0.25, -0.2) is 0 Å². The van der Waals surface area contributed by atoms with Crippen molar-refractivity contribution in [2.24, 2.45) is 33.5 Å². The summed E-state index contributed by atoms with van der Waals surface area (Å²) in [4.78, 5) is 13.7. The first-order valence-electron chi connectivity index (χ1n) is 11.2. The Morgan fingerprint density at radius 1 is 1.00 bits per heavy atom. The van der Waals surface area contributed by atoms with Crippen molar-refractivity contribution < 1.29 is 9.53 Å². The van der Waals surface area contributed by atoms with E-state index in [2.05, 4.69) is 69.2 Å². The maximum absolute atomic E-state index is 13.7. The average Bonchev–Trinajstić information content (AvgIpc) is 2.42. The molecule has 0 spiro atoms.